The van der Waals surface area contributed by atoms with E-state index in [4.69, 9.17) is 9.88 Å². The molecule has 5 rings (SSSR count). The number of nitrogens with zero attached hydrogens (tertiary/aromatic N) is 4. The monoisotopic (exact) mass is 505 g/mol. The molecule has 0 saturated heterocycles. The SMILES string of the molecule is NS(=O)(=O)c1cccc(Nc2ncc(F)c(Nc3ccc4c(c3)OC=CN4Cc3cccnc3)n2)c1. The second-order valence-electron chi connectivity index (χ2n) is 7.79. The fourth-order valence-electron chi connectivity index (χ4n) is 3.54. The van der Waals surface area contributed by atoms with Gasteiger partial charge < -0.3 is 20.3 Å². The summed E-state index contributed by atoms with van der Waals surface area (Å²) in [5.74, 6) is -0.103. The van der Waals surface area contributed by atoms with E-state index in [0.29, 0.717) is 23.7 Å². The van der Waals surface area contributed by atoms with Gasteiger partial charge in [-0.2, -0.15) is 4.98 Å². The summed E-state index contributed by atoms with van der Waals surface area (Å²) in [6, 6.07) is 15.1. The van der Waals surface area contributed by atoms with Gasteiger partial charge >= 0.3 is 0 Å². The van der Waals surface area contributed by atoms with Crippen LogP contribution in [0.3, 0.4) is 0 Å². The summed E-state index contributed by atoms with van der Waals surface area (Å²) < 4.78 is 43.3. The van der Waals surface area contributed by atoms with Crippen LogP contribution in [0, 0.1) is 5.82 Å². The van der Waals surface area contributed by atoms with E-state index in [-0.39, 0.29) is 16.7 Å². The van der Waals surface area contributed by atoms with Crippen molar-refractivity contribution in [2.45, 2.75) is 11.4 Å². The van der Waals surface area contributed by atoms with Gasteiger partial charge in [0.25, 0.3) is 0 Å². The molecule has 0 saturated carbocycles. The van der Waals surface area contributed by atoms with Crippen molar-refractivity contribution in [1.82, 2.24) is 15.0 Å². The van der Waals surface area contributed by atoms with Crippen LogP contribution in [0.2, 0.25) is 0 Å². The predicted octanol–water partition coefficient (Wildman–Crippen LogP) is 4.02. The average molecular weight is 506 g/mol. The number of aromatic nitrogens is 3. The molecule has 0 amide bonds. The van der Waals surface area contributed by atoms with Gasteiger partial charge in [-0.25, -0.2) is 22.9 Å². The molecule has 0 aliphatic carbocycles. The van der Waals surface area contributed by atoms with Gasteiger partial charge in [0.2, 0.25) is 16.0 Å². The molecule has 1 aliphatic rings. The fraction of sp³-hybridized carbons (Fsp3) is 0.0417. The van der Waals surface area contributed by atoms with Crippen molar-refractivity contribution in [3.8, 4) is 5.75 Å². The maximum Gasteiger partial charge on any atom is 0.238 e. The number of fused-ring (bicyclic) bond motifs is 1. The molecule has 0 spiro atoms. The Morgan fingerprint density at radius 2 is 1.89 bits per heavy atom. The number of nitrogens with one attached hydrogen (secondary N) is 2. The third-order valence-electron chi connectivity index (χ3n) is 5.21. The summed E-state index contributed by atoms with van der Waals surface area (Å²) >= 11 is 0. The normalized spacial score (nSPS) is 12.6. The molecule has 182 valence electrons. The molecule has 36 heavy (non-hydrogen) atoms. The first-order chi connectivity index (χ1) is 17.3. The number of anilines is 5. The topological polar surface area (TPSA) is 135 Å². The number of primary sulfonamides is 1. The van der Waals surface area contributed by atoms with Gasteiger partial charge in [-0.15, -0.1) is 0 Å². The number of nitrogens with two attached hydrogens (primary N) is 1. The molecule has 2 aromatic carbocycles. The maximum absolute atomic E-state index is 14.5. The van der Waals surface area contributed by atoms with Crippen LogP contribution >= 0.6 is 0 Å². The summed E-state index contributed by atoms with van der Waals surface area (Å²) in [4.78, 5) is 14.2. The van der Waals surface area contributed by atoms with Crippen molar-refractivity contribution in [3.05, 3.63) is 97.0 Å². The Morgan fingerprint density at radius 3 is 2.69 bits per heavy atom. The Hall–Kier alpha value is -4.55. The molecule has 0 unspecified atom stereocenters. The second-order valence-corrected chi connectivity index (χ2v) is 9.35. The van der Waals surface area contributed by atoms with Gasteiger partial charge in [0.1, 0.15) is 6.26 Å². The van der Waals surface area contributed by atoms with Crippen molar-refractivity contribution in [2.75, 3.05) is 15.5 Å². The summed E-state index contributed by atoms with van der Waals surface area (Å²) in [5.41, 5.74) is 2.80. The second kappa shape index (κ2) is 9.60. The fourth-order valence-corrected chi connectivity index (χ4v) is 4.10. The minimum absolute atomic E-state index is 0.0604. The minimum Gasteiger partial charge on any atom is -0.461 e. The smallest absolute Gasteiger partial charge is 0.238 e. The lowest BCUT2D eigenvalue weighted by molar-refractivity contribution is 0.469. The van der Waals surface area contributed by atoms with Crippen LogP contribution in [0.4, 0.5) is 33.2 Å². The lowest BCUT2D eigenvalue weighted by atomic mass is 10.2. The highest BCUT2D eigenvalue weighted by atomic mass is 32.2. The van der Waals surface area contributed by atoms with Gasteiger partial charge in [0, 0.05) is 42.6 Å². The summed E-state index contributed by atoms with van der Waals surface area (Å²) in [6.07, 6.45) is 7.93. The molecule has 4 N–H and O–H groups in total. The van der Waals surface area contributed by atoms with Crippen LogP contribution in [0.5, 0.6) is 5.75 Å². The van der Waals surface area contributed by atoms with E-state index in [9.17, 15) is 12.8 Å². The van der Waals surface area contributed by atoms with E-state index >= 15 is 0 Å². The quantitative estimate of drug-likeness (QED) is 0.340. The molecule has 4 aromatic rings. The van der Waals surface area contributed by atoms with Crippen molar-refractivity contribution in [3.63, 3.8) is 0 Å². The zero-order valence-electron chi connectivity index (χ0n) is 18.7. The first-order valence-corrected chi connectivity index (χ1v) is 12.2. The van der Waals surface area contributed by atoms with Gasteiger partial charge in [-0.1, -0.05) is 12.1 Å². The minimum atomic E-state index is -3.88. The Morgan fingerprint density at radius 1 is 1.03 bits per heavy atom. The number of hydrogen-bond donors (Lipinski definition) is 3. The molecule has 0 bridgehead atoms. The Labute approximate surface area is 206 Å². The lowest BCUT2D eigenvalue weighted by Crippen LogP contribution is -2.19. The van der Waals surface area contributed by atoms with Crippen molar-refractivity contribution in [2.24, 2.45) is 5.14 Å². The van der Waals surface area contributed by atoms with Gasteiger partial charge in [-0.05, 0) is 42.0 Å². The largest absolute Gasteiger partial charge is 0.461 e. The third kappa shape index (κ3) is 5.24. The highest BCUT2D eigenvalue weighted by molar-refractivity contribution is 7.89. The molecule has 2 aromatic heterocycles. The predicted molar refractivity (Wildman–Crippen MR) is 133 cm³/mol. The van der Waals surface area contributed by atoms with Crippen LogP contribution in [0.15, 0.2) is 90.5 Å². The summed E-state index contributed by atoms with van der Waals surface area (Å²) in [6.45, 7) is 0.607. The maximum atomic E-state index is 14.5. The first-order valence-electron chi connectivity index (χ1n) is 10.7. The highest BCUT2D eigenvalue weighted by Crippen LogP contribution is 2.36. The molecular formula is C24H20FN7O3S. The van der Waals surface area contributed by atoms with Gasteiger partial charge in [-0.3, -0.25) is 4.98 Å². The molecule has 12 heteroatoms. The molecule has 1 aliphatic heterocycles. The van der Waals surface area contributed by atoms with E-state index in [2.05, 4.69) is 25.6 Å². The number of halogens is 1. The van der Waals surface area contributed by atoms with E-state index in [1.807, 2.05) is 29.3 Å². The third-order valence-corrected chi connectivity index (χ3v) is 6.12. The van der Waals surface area contributed by atoms with E-state index in [0.717, 1.165) is 17.4 Å². The Kier molecular flexibility index (Phi) is 6.19. The van der Waals surface area contributed by atoms with E-state index in [1.165, 1.54) is 18.2 Å². The summed E-state index contributed by atoms with van der Waals surface area (Å²) in [7, 11) is -3.88. The zero-order chi connectivity index (χ0) is 25.1. The van der Waals surface area contributed by atoms with Crippen molar-refractivity contribution >= 4 is 38.9 Å². The number of hydrogen-bond acceptors (Lipinski definition) is 9. The van der Waals surface area contributed by atoms with Crippen LogP contribution in [-0.2, 0) is 16.6 Å². The average Bonchev–Trinajstić information content (AvgIpc) is 2.86. The first kappa shape index (κ1) is 23.2. The molecular weight excluding hydrogens is 485 g/mol. The molecule has 10 nitrogen and oxygen atoms in total. The molecule has 0 radical (unpaired) electrons. The van der Waals surface area contributed by atoms with Crippen LogP contribution in [0.1, 0.15) is 5.56 Å². The van der Waals surface area contributed by atoms with Gasteiger partial charge in [0.15, 0.2) is 17.4 Å². The van der Waals surface area contributed by atoms with Crippen molar-refractivity contribution < 1.29 is 17.5 Å². The van der Waals surface area contributed by atoms with E-state index < -0.39 is 15.8 Å². The summed E-state index contributed by atoms with van der Waals surface area (Å²) in [5, 5.41) is 11.0. The molecule has 0 fully saturated rings. The lowest BCUT2D eigenvalue weighted by Gasteiger charge is -2.26. The standard InChI is InChI=1S/C24H20FN7O3S/c25-20-14-28-24(30-17-4-1-5-19(11-17)36(26,33)34)31-23(20)29-18-6-7-21-22(12-18)35-10-9-32(21)15-16-3-2-8-27-13-16/h1-14H,15H2,(H2,26,33,34)(H2,28,29,30,31). The Bertz CT molecular complexity index is 1550. The number of ether oxygens (including phenoxy) is 1. The van der Waals surface area contributed by atoms with Crippen LogP contribution in [0.25, 0.3) is 0 Å². The molecule has 0 atom stereocenters. The number of sulfonamides is 1. The van der Waals surface area contributed by atoms with E-state index in [1.54, 1.807) is 36.9 Å². The van der Waals surface area contributed by atoms with Crippen LogP contribution in [-0.4, -0.2) is 23.4 Å². The van der Waals surface area contributed by atoms with Crippen LogP contribution < -0.4 is 25.4 Å². The molecule has 3 heterocycles. The Balaban J connectivity index is 1.35. The number of pyridine rings is 1. The van der Waals surface area contributed by atoms with Crippen molar-refractivity contribution in [1.29, 1.82) is 0 Å². The number of benzene rings is 2. The zero-order valence-corrected chi connectivity index (χ0v) is 19.5. The van der Waals surface area contributed by atoms with Gasteiger partial charge in [0.05, 0.1) is 16.8 Å². The number of rotatable bonds is 7. The highest BCUT2D eigenvalue weighted by Gasteiger charge is 2.17.